The number of aliphatic hydroxyl groups is 1. The van der Waals surface area contributed by atoms with Crippen LogP contribution >= 0.6 is 23.2 Å². The van der Waals surface area contributed by atoms with Crippen LogP contribution in [0.4, 0.5) is 0 Å². The van der Waals surface area contributed by atoms with E-state index in [4.69, 9.17) is 37.7 Å². The zero-order chi connectivity index (χ0) is 35.5. The number of carbonyl (C=O) groups excluding carboxylic acids is 1. The summed E-state index contributed by atoms with van der Waals surface area (Å²) >= 11 is 14.2. The molecule has 7 rings (SSSR count). The maximum atomic E-state index is 13.3. The summed E-state index contributed by atoms with van der Waals surface area (Å²) in [6.07, 6.45) is 4.72. The van der Waals surface area contributed by atoms with E-state index in [0.717, 1.165) is 39.8 Å². The molecule has 5 heterocycles. The van der Waals surface area contributed by atoms with Crippen LogP contribution in [0.2, 0.25) is 10.0 Å². The summed E-state index contributed by atoms with van der Waals surface area (Å²) in [5, 5.41) is 20.8. The number of rotatable bonds is 11. The van der Waals surface area contributed by atoms with E-state index < -0.39 is 6.10 Å². The van der Waals surface area contributed by atoms with Crippen LogP contribution in [0, 0.1) is 0 Å². The number of ether oxygens (including phenoxy) is 2. The molecule has 0 bridgehead atoms. The van der Waals surface area contributed by atoms with E-state index in [0.29, 0.717) is 65.4 Å². The molecule has 2 fully saturated rings. The van der Waals surface area contributed by atoms with Crippen LogP contribution in [-0.4, -0.2) is 70.4 Å². The van der Waals surface area contributed by atoms with E-state index in [-0.39, 0.29) is 36.7 Å². The second kappa shape index (κ2) is 15.5. The van der Waals surface area contributed by atoms with Gasteiger partial charge in [0, 0.05) is 85.0 Å². The number of halogens is 2. The molecule has 5 aromatic rings. The third-order valence-corrected chi connectivity index (χ3v) is 10.3. The van der Waals surface area contributed by atoms with Gasteiger partial charge in [0.15, 0.2) is 0 Å². The van der Waals surface area contributed by atoms with Gasteiger partial charge in [0.05, 0.1) is 41.1 Å². The molecule has 3 aromatic heterocycles. The lowest BCUT2D eigenvalue weighted by atomic mass is 9.97. The molecule has 13 heteroatoms. The molecular weight excluding hydrogens is 691 g/mol. The number of fused-ring (bicyclic) bond motifs is 1. The lowest BCUT2D eigenvalue weighted by molar-refractivity contribution is -0.119. The van der Waals surface area contributed by atoms with Crippen molar-refractivity contribution in [1.29, 1.82) is 0 Å². The number of benzene rings is 2. The number of nitrogens with zero attached hydrogens (tertiary/aromatic N) is 3. The van der Waals surface area contributed by atoms with E-state index in [2.05, 4.69) is 20.9 Å². The van der Waals surface area contributed by atoms with Crippen molar-refractivity contribution in [2.24, 2.45) is 0 Å². The van der Waals surface area contributed by atoms with Crippen LogP contribution in [0.1, 0.15) is 30.4 Å². The molecule has 51 heavy (non-hydrogen) atoms. The summed E-state index contributed by atoms with van der Waals surface area (Å²) in [7, 11) is 1.59. The first-order valence-electron chi connectivity index (χ1n) is 16.9. The maximum absolute atomic E-state index is 13.3. The van der Waals surface area contributed by atoms with E-state index in [1.807, 2.05) is 60.7 Å². The van der Waals surface area contributed by atoms with Crippen molar-refractivity contribution < 1.29 is 19.4 Å². The predicted molar refractivity (Wildman–Crippen MR) is 197 cm³/mol. The van der Waals surface area contributed by atoms with Crippen LogP contribution in [0.3, 0.4) is 0 Å². The summed E-state index contributed by atoms with van der Waals surface area (Å²) < 4.78 is 12.5. The standard InChI is InChI=1S/C38H38Cl2N6O5/c1-50-37-23(17-41-20-25-9-11-34(48)44-25)8-10-30(45-37)29-7-3-6-28(36(29)40)27-5-2-4-26(35(27)39)22-12-14-46-33(16-22)43-19-24(38(46)49)18-42-31-13-15-51-21-32(31)47/h2-8,10,12,14,16,19,25,31-32,41-42,47H,9,11,13,15,17-18,20-21H2,1H3,(H,44,48)/t25-,31-,32+/m1/s1. The number of nitrogens with one attached hydrogen (secondary N) is 3. The van der Waals surface area contributed by atoms with Crippen LogP contribution < -0.4 is 26.2 Å². The number of methoxy groups -OCH3 is 1. The highest BCUT2D eigenvalue weighted by Crippen LogP contribution is 2.42. The van der Waals surface area contributed by atoms with Crippen LogP contribution in [0.15, 0.2) is 77.9 Å². The molecule has 1 amide bonds. The Hall–Kier alpha value is -4.36. The predicted octanol–water partition coefficient (Wildman–Crippen LogP) is 5.01. The summed E-state index contributed by atoms with van der Waals surface area (Å²) in [5.74, 6) is 0.580. The van der Waals surface area contributed by atoms with E-state index in [1.165, 1.54) is 4.40 Å². The fourth-order valence-corrected chi connectivity index (χ4v) is 7.31. The topological polar surface area (TPSA) is 139 Å². The molecule has 0 radical (unpaired) electrons. The molecule has 3 atom stereocenters. The molecule has 2 aliphatic rings. The van der Waals surface area contributed by atoms with Gasteiger partial charge in [0.25, 0.3) is 5.56 Å². The van der Waals surface area contributed by atoms with Gasteiger partial charge in [-0.25, -0.2) is 9.97 Å². The number of amides is 1. The number of aromatic nitrogens is 3. The first kappa shape index (κ1) is 35.1. The third-order valence-electron chi connectivity index (χ3n) is 9.46. The minimum Gasteiger partial charge on any atom is -0.481 e. The first-order valence-corrected chi connectivity index (χ1v) is 17.7. The minimum absolute atomic E-state index is 0.0916. The monoisotopic (exact) mass is 728 g/mol. The van der Waals surface area contributed by atoms with Crippen LogP contribution in [0.25, 0.3) is 39.2 Å². The first-order chi connectivity index (χ1) is 24.8. The van der Waals surface area contributed by atoms with Gasteiger partial charge in [-0.05, 0) is 36.6 Å². The minimum atomic E-state index is -0.616. The normalized spacial score (nSPS) is 19.0. The Balaban J connectivity index is 1.12. The van der Waals surface area contributed by atoms with Gasteiger partial charge in [-0.2, -0.15) is 0 Å². The van der Waals surface area contributed by atoms with Gasteiger partial charge >= 0.3 is 0 Å². The lowest BCUT2D eigenvalue weighted by Crippen LogP contribution is -2.46. The van der Waals surface area contributed by atoms with E-state index >= 15 is 0 Å². The Morgan fingerprint density at radius 1 is 0.980 bits per heavy atom. The molecule has 11 nitrogen and oxygen atoms in total. The highest BCUT2D eigenvalue weighted by Gasteiger charge is 2.24. The molecule has 2 aliphatic heterocycles. The van der Waals surface area contributed by atoms with Crippen molar-refractivity contribution in [2.75, 3.05) is 26.9 Å². The Labute approximate surface area is 305 Å². The van der Waals surface area contributed by atoms with Gasteiger partial charge in [0.1, 0.15) is 5.65 Å². The van der Waals surface area contributed by atoms with Gasteiger partial charge in [-0.3, -0.25) is 14.0 Å². The maximum Gasteiger partial charge on any atom is 0.262 e. The highest BCUT2D eigenvalue weighted by atomic mass is 35.5. The summed E-state index contributed by atoms with van der Waals surface area (Å²) in [5.41, 5.74) is 6.13. The second-order valence-electron chi connectivity index (χ2n) is 12.8. The molecule has 2 aromatic carbocycles. The quantitative estimate of drug-likeness (QED) is 0.148. The molecule has 2 saturated heterocycles. The van der Waals surface area contributed by atoms with Crippen molar-refractivity contribution in [1.82, 2.24) is 30.3 Å². The van der Waals surface area contributed by atoms with Crippen LogP contribution in [0.5, 0.6) is 5.88 Å². The van der Waals surface area contributed by atoms with Gasteiger partial charge in [0.2, 0.25) is 11.8 Å². The Morgan fingerprint density at radius 3 is 2.49 bits per heavy atom. The highest BCUT2D eigenvalue weighted by molar-refractivity contribution is 6.39. The Kier molecular flexibility index (Phi) is 10.6. The summed E-state index contributed by atoms with van der Waals surface area (Å²) in [4.78, 5) is 34.2. The van der Waals surface area contributed by atoms with Crippen molar-refractivity contribution in [3.63, 3.8) is 0 Å². The molecule has 264 valence electrons. The van der Waals surface area contributed by atoms with Gasteiger partial charge in [-0.15, -0.1) is 0 Å². The fraction of sp³-hybridized carbons (Fsp3) is 0.316. The van der Waals surface area contributed by atoms with E-state index in [1.54, 1.807) is 19.5 Å². The molecular formula is C38H38Cl2N6O5. The molecule has 4 N–H and O–H groups in total. The number of carbonyl (C=O) groups is 1. The third kappa shape index (κ3) is 7.50. The van der Waals surface area contributed by atoms with Gasteiger partial charge in [-0.1, -0.05) is 65.7 Å². The molecule has 0 saturated carbocycles. The Bertz CT molecular complexity index is 2140. The van der Waals surface area contributed by atoms with Crippen molar-refractivity contribution >= 4 is 34.8 Å². The molecule has 0 unspecified atom stereocenters. The lowest BCUT2D eigenvalue weighted by Gasteiger charge is -2.28. The summed E-state index contributed by atoms with van der Waals surface area (Å²) in [6, 6.07) is 19.1. The average Bonchev–Trinajstić information content (AvgIpc) is 3.57. The number of pyridine rings is 2. The van der Waals surface area contributed by atoms with E-state index in [9.17, 15) is 14.7 Å². The number of aliphatic hydroxyl groups excluding tert-OH is 1. The SMILES string of the molecule is COc1nc(-c2cccc(-c3cccc(-c4ccn5c(=O)c(CN[C@@H]6CCOC[C@@H]6O)cnc5c4)c3Cl)c2Cl)ccc1CNC[C@H]1CCC(=O)N1. The van der Waals surface area contributed by atoms with Crippen molar-refractivity contribution in [3.8, 4) is 39.4 Å². The average molecular weight is 730 g/mol. The zero-order valence-corrected chi connectivity index (χ0v) is 29.5. The zero-order valence-electron chi connectivity index (χ0n) is 28.0. The molecule has 0 aliphatic carbocycles. The van der Waals surface area contributed by atoms with Gasteiger partial charge < -0.3 is 30.5 Å². The Morgan fingerprint density at radius 2 is 1.75 bits per heavy atom. The fourth-order valence-electron chi connectivity index (χ4n) is 6.65. The molecule has 0 spiro atoms. The van der Waals surface area contributed by atoms with Crippen molar-refractivity contribution in [2.45, 2.75) is 50.5 Å². The summed E-state index contributed by atoms with van der Waals surface area (Å²) in [6.45, 7) is 2.34. The van der Waals surface area contributed by atoms with Crippen LogP contribution in [-0.2, 0) is 22.6 Å². The number of hydrogen-bond acceptors (Lipinski definition) is 9. The number of hydrogen-bond donors (Lipinski definition) is 4. The second-order valence-corrected chi connectivity index (χ2v) is 13.5. The van der Waals surface area contributed by atoms with Crippen molar-refractivity contribution in [3.05, 3.63) is 105 Å². The largest absolute Gasteiger partial charge is 0.481 e. The smallest absolute Gasteiger partial charge is 0.262 e.